The summed E-state index contributed by atoms with van der Waals surface area (Å²) in [7, 11) is 0. The van der Waals surface area contributed by atoms with E-state index in [-0.39, 0.29) is 33.3 Å². The lowest BCUT2D eigenvalue weighted by molar-refractivity contribution is 0.0956. The Labute approximate surface area is 181 Å². The SMILES string of the molecule is O=C(Nc1ccccc1C(=O)N/N=C\c1ccc(O)cc1O)c1ccc(Cl)cc1Cl. The Bertz CT molecular complexity index is 1150. The van der Waals surface area contributed by atoms with E-state index in [9.17, 15) is 19.8 Å². The first kappa shape index (κ1) is 21.2. The highest BCUT2D eigenvalue weighted by molar-refractivity contribution is 6.37. The molecule has 0 aromatic heterocycles. The number of rotatable bonds is 5. The van der Waals surface area contributed by atoms with E-state index in [0.717, 1.165) is 6.07 Å². The van der Waals surface area contributed by atoms with Gasteiger partial charge in [-0.1, -0.05) is 35.3 Å². The van der Waals surface area contributed by atoms with Crippen LogP contribution in [0.4, 0.5) is 5.69 Å². The van der Waals surface area contributed by atoms with Gasteiger partial charge in [0.2, 0.25) is 0 Å². The summed E-state index contributed by atoms with van der Waals surface area (Å²) in [4.78, 5) is 25.0. The topological polar surface area (TPSA) is 111 Å². The number of nitrogens with zero attached hydrogens (tertiary/aromatic N) is 1. The quantitative estimate of drug-likeness (QED) is 0.345. The normalized spacial score (nSPS) is 10.7. The zero-order chi connectivity index (χ0) is 21.7. The van der Waals surface area contributed by atoms with Gasteiger partial charge in [-0.15, -0.1) is 0 Å². The van der Waals surface area contributed by atoms with Gasteiger partial charge >= 0.3 is 0 Å². The summed E-state index contributed by atoms with van der Waals surface area (Å²) >= 11 is 11.9. The second-order valence-electron chi connectivity index (χ2n) is 6.07. The van der Waals surface area contributed by atoms with E-state index in [0.29, 0.717) is 10.6 Å². The molecule has 0 bridgehead atoms. The molecule has 0 atom stereocenters. The van der Waals surface area contributed by atoms with Crippen LogP contribution in [-0.4, -0.2) is 28.2 Å². The van der Waals surface area contributed by atoms with Gasteiger partial charge in [0.25, 0.3) is 11.8 Å². The van der Waals surface area contributed by atoms with Crippen molar-refractivity contribution in [3.05, 3.63) is 87.4 Å². The molecule has 3 aromatic carbocycles. The van der Waals surface area contributed by atoms with E-state index in [1.54, 1.807) is 18.2 Å². The second kappa shape index (κ2) is 9.30. The predicted octanol–water partition coefficient (Wildman–Crippen LogP) is 4.42. The minimum atomic E-state index is -0.581. The number of amides is 2. The van der Waals surface area contributed by atoms with Crippen molar-refractivity contribution in [2.75, 3.05) is 5.32 Å². The summed E-state index contributed by atoms with van der Waals surface area (Å²) in [5, 5.41) is 26.0. The Morgan fingerprint density at radius 2 is 1.67 bits per heavy atom. The smallest absolute Gasteiger partial charge is 0.273 e. The Kier molecular flexibility index (Phi) is 6.56. The number of carbonyl (C=O) groups excluding carboxylic acids is 2. The number of hydrazone groups is 1. The van der Waals surface area contributed by atoms with E-state index >= 15 is 0 Å². The third kappa shape index (κ3) is 5.08. The first-order chi connectivity index (χ1) is 14.3. The van der Waals surface area contributed by atoms with Gasteiger partial charge in [0.05, 0.1) is 28.1 Å². The molecule has 0 radical (unpaired) electrons. The zero-order valence-electron chi connectivity index (χ0n) is 15.3. The van der Waals surface area contributed by atoms with Crippen LogP contribution >= 0.6 is 23.2 Å². The van der Waals surface area contributed by atoms with Crippen molar-refractivity contribution in [1.82, 2.24) is 5.43 Å². The van der Waals surface area contributed by atoms with Gasteiger partial charge in [0, 0.05) is 16.7 Å². The summed E-state index contributed by atoms with van der Waals surface area (Å²) in [6, 6.07) is 14.8. The maximum Gasteiger partial charge on any atom is 0.273 e. The fraction of sp³-hybridized carbons (Fsp3) is 0. The van der Waals surface area contributed by atoms with Crippen molar-refractivity contribution in [2.24, 2.45) is 5.10 Å². The molecule has 2 amide bonds. The van der Waals surface area contributed by atoms with Gasteiger partial charge in [0.1, 0.15) is 11.5 Å². The van der Waals surface area contributed by atoms with Crippen molar-refractivity contribution >= 4 is 46.9 Å². The third-order valence-electron chi connectivity index (χ3n) is 3.98. The molecular weight excluding hydrogens is 429 g/mol. The number of hydrogen-bond acceptors (Lipinski definition) is 5. The molecule has 30 heavy (non-hydrogen) atoms. The average Bonchev–Trinajstić information content (AvgIpc) is 2.69. The highest BCUT2D eigenvalue weighted by Gasteiger charge is 2.16. The van der Waals surface area contributed by atoms with Crippen molar-refractivity contribution in [3.8, 4) is 11.5 Å². The molecule has 7 nitrogen and oxygen atoms in total. The maximum absolute atomic E-state index is 12.5. The Balaban J connectivity index is 1.74. The van der Waals surface area contributed by atoms with Gasteiger partial charge in [-0.3, -0.25) is 9.59 Å². The van der Waals surface area contributed by atoms with Crippen molar-refractivity contribution in [1.29, 1.82) is 0 Å². The summed E-state index contributed by atoms with van der Waals surface area (Å²) in [6.07, 6.45) is 1.22. The number of para-hydroxylation sites is 1. The lowest BCUT2D eigenvalue weighted by Gasteiger charge is -2.11. The van der Waals surface area contributed by atoms with Crippen LogP contribution in [0.3, 0.4) is 0 Å². The molecule has 9 heteroatoms. The van der Waals surface area contributed by atoms with Crippen LogP contribution in [0.2, 0.25) is 10.0 Å². The number of hydrogen-bond donors (Lipinski definition) is 4. The summed E-state index contributed by atoms with van der Waals surface area (Å²) in [5.74, 6) is -1.38. The Morgan fingerprint density at radius 1 is 0.900 bits per heavy atom. The lowest BCUT2D eigenvalue weighted by Crippen LogP contribution is -2.21. The molecule has 0 aliphatic heterocycles. The maximum atomic E-state index is 12.5. The molecule has 152 valence electrons. The average molecular weight is 444 g/mol. The molecular formula is C21H15Cl2N3O4. The van der Waals surface area contributed by atoms with Gasteiger partial charge in [-0.25, -0.2) is 5.43 Å². The molecule has 4 N–H and O–H groups in total. The number of phenolic OH excluding ortho intramolecular Hbond substituents is 2. The number of aromatic hydroxyl groups is 2. The van der Waals surface area contributed by atoms with Crippen molar-refractivity contribution < 1.29 is 19.8 Å². The van der Waals surface area contributed by atoms with Crippen LogP contribution in [0.25, 0.3) is 0 Å². The molecule has 0 fully saturated rings. The molecule has 0 saturated carbocycles. The second-order valence-corrected chi connectivity index (χ2v) is 6.91. The summed E-state index contributed by atoms with van der Waals surface area (Å²) in [6.45, 7) is 0. The Hall–Kier alpha value is -3.55. The first-order valence-corrected chi connectivity index (χ1v) is 9.31. The molecule has 3 aromatic rings. The van der Waals surface area contributed by atoms with Gasteiger partial charge in [-0.2, -0.15) is 5.10 Å². The molecule has 0 unspecified atom stereocenters. The minimum Gasteiger partial charge on any atom is -0.508 e. The van der Waals surface area contributed by atoms with Crippen LogP contribution in [0.1, 0.15) is 26.3 Å². The Morgan fingerprint density at radius 3 is 2.40 bits per heavy atom. The fourth-order valence-electron chi connectivity index (χ4n) is 2.52. The first-order valence-electron chi connectivity index (χ1n) is 8.56. The number of nitrogens with one attached hydrogen (secondary N) is 2. The molecule has 0 aliphatic rings. The molecule has 0 aliphatic carbocycles. The summed E-state index contributed by atoms with van der Waals surface area (Å²) in [5.41, 5.74) is 3.25. The van der Waals surface area contributed by atoms with Crippen LogP contribution in [0.5, 0.6) is 11.5 Å². The van der Waals surface area contributed by atoms with Crippen molar-refractivity contribution in [2.45, 2.75) is 0 Å². The highest BCUT2D eigenvalue weighted by Crippen LogP contribution is 2.23. The van der Waals surface area contributed by atoms with Gasteiger partial charge in [0.15, 0.2) is 0 Å². The van der Waals surface area contributed by atoms with E-state index in [4.69, 9.17) is 23.2 Å². The minimum absolute atomic E-state index is 0.0980. The zero-order valence-corrected chi connectivity index (χ0v) is 16.8. The van der Waals surface area contributed by atoms with Crippen molar-refractivity contribution in [3.63, 3.8) is 0 Å². The van der Waals surface area contributed by atoms with Crippen LogP contribution in [0.15, 0.2) is 65.8 Å². The molecule has 0 spiro atoms. The highest BCUT2D eigenvalue weighted by atomic mass is 35.5. The third-order valence-corrected chi connectivity index (χ3v) is 4.53. The van der Waals surface area contributed by atoms with E-state index in [1.807, 2.05) is 0 Å². The summed E-state index contributed by atoms with van der Waals surface area (Å²) < 4.78 is 0. The number of carbonyl (C=O) groups is 2. The number of halogens is 2. The monoisotopic (exact) mass is 443 g/mol. The fourth-order valence-corrected chi connectivity index (χ4v) is 3.01. The standard InChI is InChI=1S/C21H15Cl2N3O4/c22-13-6-8-15(17(23)9-13)20(29)25-18-4-2-1-3-16(18)21(30)26-24-11-12-5-7-14(27)10-19(12)28/h1-11,27-28H,(H,25,29)(H,26,30)/b24-11-. The van der Waals surface area contributed by atoms with Gasteiger partial charge in [-0.05, 0) is 42.5 Å². The number of phenols is 2. The van der Waals surface area contributed by atoms with Gasteiger partial charge < -0.3 is 15.5 Å². The van der Waals surface area contributed by atoms with E-state index < -0.39 is 11.8 Å². The molecule has 0 saturated heterocycles. The van der Waals surface area contributed by atoms with E-state index in [1.165, 1.54) is 42.6 Å². The number of anilines is 1. The molecule has 3 rings (SSSR count). The molecule has 0 heterocycles. The van der Waals surface area contributed by atoms with Crippen LogP contribution in [0, 0.1) is 0 Å². The number of benzene rings is 3. The van der Waals surface area contributed by atoms with Crippen LogP contribution < -0.4 is 10.7 Å². The van der Waals surface area contributed by atoms with Crippen LogP contribution in [-0.2, 0) is 0 Å². The van der Waals surface area contributed by atoms with E-state index in [2.05, 4.69) is 15.8 Å². The lowest BCUT2D eigenvalue weighted by atomic mass is 10.1. The predicted molar refractivity (Wildman–Crippen MR) is 116 cm³/mol. The largest absolute Gasteiger partial charge is 0.508 e.